The summed E-state index contributed by atoms with van der Waals surface area (Å²) in [5, 5.41) is 0. The van der Waals surface area contributed by atoms with Crippen molar-refractivity contribution in [3.8, 4) is 107 Å². The molecule has 14 rings (SSSR count). The normalized spacial score (nSPS) is 10.6. The summed E-state index contributed by atoms with van der Waals surface area (Å²) in [5.41, 5.74) is 13.5. The van der Waals surface area contributed by atoms with Crippen molar-refractivity contribution in [3.05, 3.63) is 405 Å². The highest BCUT2D eigenvalue weighted by Crippen LogP contribution is 2.43. The van der Waals surface area contributed by atoms with Crippen LogP contribution in [-0.4, -0.2) is 41.8 Å². The topological polar surface area (TPSA) is 193 Å². The molecule has 14 aromatic carbocycles. The number of para-hydroxylation sites is 4. The molecule has 0 fully saturated rings. The first-order valence-electron chi connectivity index (χ1n) is 46.7. The summed E-state index contributed by atoms with van der Waals surface area (Å²) < 4.78 is 43.7. The molecule has 15 nitrogen and oxygen atoms in total. The van der Waals surface area contributed by atoms with Gasteiger partial charge < -0.3 is 37.9 Å². The molecule has 149 heavy (non-hydrogen) atoms. The van der Waals surface area contributed by atoms with E-state index >= 15 is 0 Å². The fourth-order valence-corrected chi connectivity index (χ4v) is 12.5. The zero-order chi connectivity index (χ0) is 98.5. The predicted molar refractivity (Wildman–Crippen MR) is 633 cm³/mol. The van der Waals surface area contributed by atoms with E-state index in [4.69, 9.17) is 37.9 Å². The van der Waals surface area contributed by atoms with Crippen molar-refractivity contribution in [3.63, 3.8) is 0 Å². The van der Waals surface area contributed by atoms with Crippen molar-refractivity contribution in [1.82, 2.24) is 0 Å². The van der Waals surface area contributed by atoms with E-state index in [-0.39, 0.29) is 143 Å². The van der Waals surface area contributed by atoms with Crippen LogP contribution in [-0.2, 0) is 38.2 Å². The molecule has 3 atom stereocenters. The Labute approximate surface area is 897 Å². The molecular weight excluding hydrogens is 1850 g/mol. The molecule has 0 aliphatic rings. The molecule has 0 aliphatic carbocycles. The first-order chi connectivity index (χ1) is 66.1. The van der Waals surface area contributed by atoms with E-state index in [0.717, 1.165) is 99.9 Å². The molecule has 0 aromatic heterocycles. The van der Waals surface area contributed by atoms with E-state index in [1.807, 2.05) is 359 Å². The van der Waals surface area contributed by atoms with Crippen LogP contribution in [0.4, 0.5) is 0 Å². The lowest BCUT2D eigenvalue weighted by Gasteiger charge is -2.23. The minimum Gasteiger partial charge on any atom is -0.457 e. The maximum Gasteiger partial charge on any atom is 0.343 e. The minimum absolute atomic E-state index is 0. The Morgan fingerprint density at radius 3 is 0.819 bits per heavy atom. The van der Waals surface area contributed by atoms with Gasteiger partial charge in [0.15, 0.2) is 0 Å². The van der Waals surface area contributed by atoms with E-state index in [1.54, 1.807) is 84.9 Å². The third kappa shape index (κ3) is 44.5. The summed E-state index contributed by atoms with van der Waals surface area (Å²) in [6.07, 6.45) is 11.0. The number of hydrogen-bond acceptors (Lipinski definition) is 15. The lowest BCUT2D eigenvalue weighted by atomic mass is 9.90. The second-order valence-corrected chi connectivity index (χ2v) is 34.6. The van der Waals surface area contributed by atoms with Crippen LogP contribution in [0.3, 0.4) is 0 Å². The molecule has 0 bridgehead atoms. The Morgan fingerprint density at radius 1 is 0.235 bits per heavy atom. The van der Waals surface area contributed by atoms with Crippen LogP contribution in [0.15, 0.2) is 389 Å². The molecule has 0 saturated carbocycles. The molecule has 0 spiro atoms. The van der Waals surface area contributed by atoms with E-state index in [9.17, 15) is 33.6 Å². The molecule has 14 aromatic rings. The summed E-state index contributed by atoms with van der Waals surface area (Å²) >= 11 is 0. The molecule has 0 N–H and O–H groups in total. The molecule has 0 saturated heterocycles. The number of ether oxygens (including phenoxy) is 8. The van der Waals surface area contributed by atoms with Crippen LogP contribution in [0.1, 0.15) is 253 Å². The molecule has 15 heteroatoms. The van der Waals surface area contributed by atoms with Crippen LogP contribution >= 0.6 is 0 Å². The zero-order valence-electron chi connectivity index (χ0n) is 81.2. The molecule has 0 heterocycles. The molecule has 3 unspecified atom stereocenters. The van der Waals surface area contributed by atoms with E-state index in [2.05, 4.69) is 48.5 Å². The van der Waals surface area contributed by atoms with Gasteiger partial charge in [0.1, 0.15) is 40.2 Å². The monoisotopic (exact) mass is 2020 g/mol. The second kappa shape index (κ2) is 72.0. The van der Waals surface area contributed by atoms with Crippen molar-refractivity contribution in [2.75, 3.05) is 0 Å². The Morgan fingerprint density at radius 2 is 0.483 bits per heavy atom. The van der Waals surface area contributed by atoms with Crippen molar-refractivity contribution in [2.24, 2.45) is 34.0 Å². The fraction of sp³-hybridized carbons (Fsp3) is 0.291. The summed E-state index contributed by atoms with van der Waals surface area (Å²) in [7, 11) is 0. The number of benzene rings is 14. The van der Waals surface area contributed by atoms with Gasteiger partial charge in [-0.05, 0) is 221 Å². The number of carbonyl (C=O) groups excluding carboxylic acids is 7. The van der Waals surface area contributed by atoms with Crippen LogP contribution in [0, 0.1) is 34.0 Å². The van der Waals surface area contributed by atoms with Gasteiger partial charge in [0.25, 0.3) is 0 Å². The van der Waals surface area contributed by atoms with Gasteiger partial charge in [0.2, 0.25) is 0 Å². The highest BCUT2D eigenvalue weighted by Gasteiger charge is 2.31. The minimum atomic E-state index is -0.530. The van der Waals surface area contributed by atoms with Crippen molar-refractivity contribution < 1.29 is 71.5 Å². The SMILES string of the molecule is C.C.C.C.C.C.C.C.C.C.C.C.CCC(C)(C)C(=O)O/C=C/c1ccc(-c2ccccc2)cc1.CCC(C)(C)C(=O)Oc1c(-c2ccccc2)cccc1-c1ccccc1.CCC(C)(C)C(=O)Oc1ccc(Oc2ccccc2)cc1.CCC(C)C(=O)O/C=C/c1ccc(-c2ccccc2)cc1.CCC(C)C(=O)Oc1c(-c2ccccc2)cccc1-c1ccccc1.CCC(C)C(=O)Oc1ccc(C(=O)Oc2ccccc2)cc1. The van der Waals surface area contributed by atoms with Gasteiger partial charge in [-0.25, -0.2) is 4.79 Å². The van der Waals surface area contributed by atoms with Gasteiger partial charge in [-0.1, -0.05) is 455 Å². The number of carbonyl (C=O) groups is 7. The maximum atomic E-state index is 12.8. The average Bonchev–Trinajstić information content (AvgIpc) is 0.786. The van der Waals surface area contributed by atoms with Crippen LogP contribution in [0.2, 0.25) is 0 Å². The van der Waals surface area contributed by atoms with Crippen molar-refractivity contribution in [1.29, 1.82) is 0 Å². The standard InChI is InChI=1S/C24H24O2.C23H22O2.C20H22O2.C19H20O2.C18H18O4.C18H20O3.12CH4/c1-4-24(2,3)23(25)26-22-20(18-12-7-5-8-13-18)16-11-17-21(22)19-14-9-6-10-15-19;1-3-17(2)23(24)25-22-20(18-11-6-4-7-12-18)15-10-16-21(22)19-13-8-5-9-14-19;1-4-20(2,3)19(21)22-15-14-16-10-12-18(13-11-16)17-8-6-5-7-9-17;1-3-15(2)19(20)21-14-13-16-9-11-18(12-10-16)17-7-5-4-6-8-17;1-3-13(2)17(19)21-16-11-9-14(10-12-16)18(20)22-15-7-5-4-6-8-15;1-4-18(2,3)17(19)21-16-12-10-15(11-13-16)20-14-8-6-5-7-9-14;;;;;;;;;;;;/h5-17H,4H2,1-3H3;4-17H,3H2,1-2H3;5-15H,4H2,1-3H3;4-15H,3H2,1-2H3;4-13H,3H2,1-2H3;5-13H,4H2,1-3H3;12*1H4/b;;15-14+;14-13+;;;;;;;;;;;;;;. The Balaban J connectivity index is -0.000000835. The zero-order valence-corrected chi connectivity index (χ0v) is 81.2. The first-order valence-corrected chi connectivity index (χ1v) is 46.7. The first kappa shape index (κ1) is 140. The maximum absolute atomic E-state index is 12.8. The van der Waals surface area contributed by atoms with E-state index < -0.39 is 22.2 Å². The molecule has 0 radical (unpaired) electrons. The fourth-order valence-electron chi connectivity index (χ4n) is 12.5. The molecular formula is C134H174O15. The molecule has 0 amide bonds. The highest BCUT2D eigenvalue weighted by atomic mass is 16.6. The Bertz CT molecular complexity index is 6010. The third-order valence-corrected chi connectivity index (χ3v) is 23.3. The van der Waals surface area contributed by atoms with Crippen LogP contribution in [0.25, 0.3) is 78.9 Å². The van der Waals surface area contributed by atoms with Crippen molar-refractivity contribution >= 4 is 53.9 Å². The second-order valence-electron chi connectivity index (χ2n) is 34.6. The quantitative estimate of drug-likeness (QED) is 0.0234. The van der Waals surface area contributed by atoms with Gasteiger partial charge in [0, 0.05) is 22.3 Å². The highest BCUT2D eigenvalue weighted by molar-refractivity contribution is 5.92. The van der Waals surface area contributed by atoms with Crippen LogP contribution < -0.4 is 28.4 Å². The number of rotatable bonds is 30. The molecule has 0 aliphatic heterocycles. The van der Waals surface area contributed by atoms with Gasteiger partial charge in [-0.3, -0.25) is 28.8 Å². The van der Waals surface area contributed by atoms with E-state index in [1.165, 1.54) is 34.8 Å². The lowest BCUT2D eigenvalue weighted by molar-refractivity contribution is -0.148. The summed E-state index contributed by atoms with van der Waals surface area (Å²) in [5.74, 6) is 2.08. The number of esters is 7. The van der Waals surface area contributed by atoms with Gasteiger partial charge >= 0.3 is 41.8 Å². The smallest absolute Gasteiger partial charge is 0.343 e. The average molecular weight is 2020 g/mol. The predicted octanol–water partition coefficient (Wildman–Crippen LogP) is 38.9. The van der Waals surface area contributed by atoms with Gasteiger partial charge in [-0.15, -0.1) is 0 Å². The van der Waals surface area contributed by atoms with Crippen LogP contribution in [0.5, 0.6) is 40.2 Å². The van der Waals surface area contributed by atoms with Crippen molar-refractivity contribution in [2.45, 2.75) is 232 Å². The van der Waals surface area contributed by atoms with Gasteiger partial charge in [-0.2, -0.15) is 0 Å². The largest absolute Gasteiger partial charge is 0.457 e. The lowest BCUT2D eigenvalue weighted by Crippen LogP contribution is -2.28. The number of hydrogen-bond donors (Lipinski definition) is 0. The summed E-state index contributed by atoms with van der Waals surface area (Å²) in [6, 6.07) is 121. The van der Waals surface area contributed by atoms with Gasteiger partial charge in [0.05, 0.1) is 52.1 Å². The Kier molecular flexibility index (Phi) is 67.6. The summed E-state index contributed by atoms with van der Waals surface area (Å²) in [6.45, 7) is 28.8. The third-order valence-electron chi connectivity index (χ3n) is 23.3. The van der Waals surface area contributed by atoms with E-state index in [0.29, 0.717) is 40.1 Å². The Hall–Kier alpha value is -15.4. The summed E-state index contributed by atoms with van der Waals surface area (Å²) in [4.78, 5) is 84.3. The molecule has 800 valence electrons.